The van der Waals surface area contributed by atoms with E-state index in [1.165, 1.54) is 25.7 Å². The molecule has 0 aromatic rings. The van der Waals surface area contributed by atoms with E-state index in [1.54, 1.807) is 0 Å². The van der Waals surface area contributed by atoms with Crippen molar-refractivity contribution in [3.63, 3.8) is 0 Å². The topological polar surface area (TPSA) is 26.3 Å². The summed E-state index contributed by atoms with van der Waals surface area (Å²) < 4.78 is 5.29. The Balaban J connectivity index is 3.47. The molecule has 96 valence electrons. The number of carbonyl (C=O) groups excluding carboxylic acids is 1. The highest BCUT2D eigenvalue weighted by atomic mass is 16.5. The number of rotatable bonds is 10. The monoisotopic (exact) mass is 228 g/mol. The summed E-state index contributed by atoms with van der Waals surface area (Å²) in [5, 5.41) is 0. The van der Waals surface area contributed by atoms with Crippen LogP contribution in [0.15, 0.2) is 0 Å². The zero-order chi connectivity index (χ0) is 12.2. The minimum absolute atomic E-state index is 0.0137. The molecule has 0 radical (unpaired) electrons. The summed E-state index contributed by atoms with van der Waals surface area (Å²) in [6.45, 7) is 6.99. The SMILES string of the molecule is CCCCCCCOC(=O)C(CC)CCC. The summed E-state index contributed by atoms with van der Waals surface area (Å²) in [7, 11) is 0. The lowest BCUT2D eigenvalue weighted by atomic mass is 10.0. The number of carbonyl (C=O) groups is 1. The second-order valence-electron chi connectivity index (χ2n) is 4.48. The van der Waals surface area contributed by atoms with E-state index in [0.717, 1.165) is 25.7 Å². The average Bonchev–Trinajstić information content (AvgIpc) is 2.30. The quantitative estimate of drug-likeness (QED) is 0.411. The van der Waals surface area contributed by atoms with Gasteiger partial charge in [0.1, 0.15) is 0 Å². The van der Waals surface area contributed by atoms with E-state index in [1.807, 2.05) is 0 Å². The molecule has 0 N–H and O–H groups in total. The van der Waals surface area contributed by atoms with E-state index in [4.69, 9.17) is 4.74 Å². The lowest BCUT2D eigenvalue weighted by Crippen LogP contribution is -2.17. The van der Waals surface area contributed by atoms with Crippen molar-refractivity contribution < 1.29 is 9.53 Å². The van der Waals surface area contributed by atoms with Crippen LogP contribution in [-0.2, 0) is 9.53 Å². The van der Waals surface area contributed by atoms with Gasteiger partial charge < -0.3 is 4.74 Å². The predicted octanol–water partition coefficient (Wildman–Crippen LogP) is 4.33. The number of unbranched alkanes of at least 4 members (excludes halogenated alkanes) is 4. The van der Waals surface area contributed by atoms with Crippen LogP contribution >= 0.6 is 0 Å². The van der Waals surface area contributed by atoms with Crippen molar-refractivity contribution in [3.8, 4) is 0 Å². The number of hydrogen-bond acceptors (Lipinski definition) is 2. The largest absolute Gasteiger partial charge is 0.465 e. The fraction of sp³-hybridized carbons (Fsp3) is 0.929. The van der Waals surface area contributed by atoms with Crippen LogP contribution < -0.4 is 0 Å². The minimum Gasteiger partial charge on any atom is -0.465 e. The van der Waals surface area contributed by atoms with Crippen molar-refractivity contribution in [3.05, 3.63) is 0 Å². The third kappa shape index (κ3) is 7.72. The van der Waals surface area contributed by atoms with Gasteiger partial charge in [0, 0.05) is 0 Å². The molecule has 0 saturated heterocycles. The Morgan fingerprint density at radius 2 is 1.69 bits per heavy atom. The van der Waals surface area contributed by atoms with Crippen LogP contribution in [0.3, 0.4) is 0 Å². The molecule has 2 nitrogen and oxygen atoms in total. The molecule has 0 amide bonds. The van der Waals surface area contributed by atoms with Gasteiger partial charge in [-0.1, -0.05) is 52.9 Å². The summed E-state index contributed by atoms with van der Waals surface area (Å²) in [6, 6.07) is 0. The van der Waals surface area contributed by atoms with E-state index < -0.39 is 0 Å². The fourth-order valence-corrected chi connectivity index (χ4v) is 1.83. The van der Waals surface area contributed by atoms with Gasteiger partial charge in [0.2, 0.25) is 0 Å². The molecule has 2 heteroatoms. The van der Waals surface area contributed by atoms with Crippen molar-refractivity contribution >= 4 is 5.97 Å². The second-order valence-corrected chi connectivity index (χ2v) is 4.48. The van der Waals surface area contributed by atoms with Gasteiger partial charge in [-0.25, -0.2) is 0 Å². The molecule has 1 atom stereocenters. The van der Waals surface area contributed by atoms with Crippen molar-refractivity contribution in [2.24, 2.45) is 5.92 Å². The molecule has 0 rings (SSSR count). The molecule has 16 heavy (non-hydrogen) atoms. The van der Waals surface area contributed by atoms with E-state index in [0.29, 0.717) is 6.61 Å². The molecule has 0 aromatic carbocycles. The lowest BCUT2D eigenvalue weighted by molar-refractivity contribution is -0.149. The maximum atomic E-state index is 11.6. The van der Waals surface area contributed by atoms with Gasteiger partial charge >= 0.3 is 5.97 Å². The normalized spacial score (nSPS) is 12.4. The van der Waals surface area contributed by atoms with E-state index in [2.05, 4.69) is 20.8 Å². The van der Waals surface area contributed by atoms with Gasteiger partial charge in [-0.05, 0) is 19.3 Å². The molecular weight excluding hydrogens is 200 g/mol. The highest BCUT2D eigenvalue weighted by Crippen LogP contribution is 2.13. The van der Waals surface area contributed by atoms with Gasteiger partial charge in [-0.2, -0.15) is 0 Å². The Morgan fingerprint density at radius 1 is 1.00 bits per heavy atom. The van der Waals surface area contributed by atoms with Crippen LogP contribution in [0.5, 0.6) is 0 Å². The molecule has 0 aliphatic carbocycles. The first kappa shape index (κ1) is 15.5. The molecule has 0 aliphatic rings. The predicted molar refractivity (Wildman–Crippen MR) is 68.4 cm³/mol. The van der Waals surface area contributed by atoms with Crippen molar-refractivity contribution in [1.29, 1.82) is 0 Å². The molecule has 0 aromatic heterocycles. The smallest absolute Gasteiger partial charge is 0.308 e. The zero-order valence-corrected chi connectivity index (χ0v) is 11.3. The zero-order valence-electron chi connectivity index (χ0n) is 11.3. The average molecular weight is 228 g/mol. The first-order valence-corrected chi connectivity index (χ1v) is 6.92. The van der Waals surface area contributed by atoms with E-state index in [9.17, 15) is 4.79 Å². The summed E-state index contributed by atoms with van der Waals surface area (Å²) >= 11 is 0. The second kappa shape index (κ2) is 11.0. The van der Waals surface area contributed by atoms with Crippen molar-refractivity contribution in [2.75, 3.05) is 6.61 Å². The van der Waals surface area contributed by atoms with Crippen LogP contribution in [0, 0.1) is 5.92 Å². The van der Waals surface area contributed by atoms with Gasteiger partial charge in [-0.3, -0.25) is 4.79 Å². The molecule has 0 aliphatic heterocycles. The summed E-state index contributed by atoms with van der Waals surface area (Å²) in [6.07, 6.45) is 8.95. The Labute approximate surface area is 101 Å². The molecule has 0 spiro atoms. The summed E-state index contributed by atoms with van der Waals surface area (Å²) in [4.78, 5) is 11.6. The summed E-state index contributed by atoms with van der Waals surface area (Å²) in [5.74, 6) is 0.139. The Hall–Kier alpha value is -0.530. The van der Waals surface area contributed by atoms with E-state index in [-0.39, 0.29) is 11.9 Å². The Morgan fingerprint density at radius 3 is 2.25 bits per heavy atom. The first-order chi connectivity index (χ1) is 7.76. The summed E-state index contributed by atoms with van der Waals surface area (Å²) in [5.41, 5.74) is 0. The molecular formula is C14H28O2. The maximum absolute atomic E-state index is 11.6. The fourth-order valence-electron chi connectivity index (χ4n) is 1.83. The van der Waals surface area contributed by atoms with Gasteiger partial charge in [0.25, 0.3) is 0 Å². The Bertz CT molecular complexity index is 166. The molecule has 0 heterocycles. The third-order valence-electron chi connectivity index (χ3n) is 2.96. The van der Waals surface area contributed by atoms with Crippen LogP contribution in [-0.4, -0.2) is 12.6 Å². The molecule has 0 bridgehead atoms. The Kier molecular flexibility index (Phi) is 10.6. The third-order valence-corrected chi connectivity index (χ3v) is 2.96. The molecule has 0 fully saturated rings. The number of esters is 1. The van der Waals surface area contributed by atoms with Crippen LogP contribution in [0.2, 0.25) is 0 Å². The number of hydrogen-bond donors (Lipinski definition) is 0. The van der Waals surface area contributed by atoms with Crippen LogP contribution in [0.25, 0.3) is 0 Å². The molecule has 1 unspecified atom stereocenters. The van der Waals surface area contributed by atoms with Crippen LogP contribution in [0.4, 0.5) is 0 Å². The highest BCUT2D eigenvalue weighted by molar-refractivity contribution is 5.72. The van der Waals surface area contributed by atoms with Gasteiger partial charge in [-0.15, -0.1) is 0 Å². The van der Waals surface area contributed by atoms with Crippen LogP contribution in [0.1, 0.15) is 72.1 Å². The number of ether oxygens (including phenoxy) is 1. The van der Waals surface area contributed by atoms with Gasteiger partial charge in [0.15, 0.2) is 0 Å². The minimum atomic E-state index is 0.0137. The molecule has 0 saturated carbocycles. The lowest BCUT2D eigenvalue weighted by Gasteiger charge is -2.12. The maximum Gasteiger partial charge on any atom is 0.308 e. The first-order valence-electron chi connectivity index (χ1n) is 6.92. The van der Waals surface area contributed by atoms with Crippen molar-refractivity contribution in [2.45, 2.75) is 72.1 Å². The standard InChI is InChI=1S/C14H28O2/c1-4-7-8-9-10-12-16-14(15)13(6-3)11-5-2/h13H,4-12H2,1-3H3. The highest BCUT2D eigenvalue weighted by Gasteiger charge is 2.16. The van der Waals surface area contributed by atoms with E-state index >= 15 is 0 Å². The van der Waals surface area contributed by atoms with Crippen molar-refractivity contribution in [1.82, 2.24) is 0 Å². The van der Waals surface area contributed by atoms with Gasteiger partial charge in [0.05, 0.1) is 12.5 Å².